The van der Waals surface area contributed by atoms with E-state index >= 15 is 0 Å². The molecule has 1 aliphatic rings. The maximum absolute atomic E-state index is 2.50. The molecule has 0 unspecified atom stereocenters. The molecule has 11 rings (SSSR count). The van der Waals surface area contributed by atoms with Crippen LogP contribution in [0.15, 0.2) is 249 Å². The number of hydrogen-bond donors (Lipinski definition) is 0. The molecule has 10 aromatic rings. The summed E-state index contributed by atoms with van der Waals surface area (Å²) >= 11 is 0. The highest BCUT2D eigenvalue weighted by atomic mass is 15.1. The lowest BCUT2D eigenvalue weighted by Gasteiger charge is -2.35. The lowest BCUT2D eigenvalue weighted by Crippen LogP contribution is -2.28. The third-order valence-corrected chi connectivity index (χ3v) is 12.3. The zero-order valence-electron chi connectivity index (χ0n) is 33.1. The Kier molecular flexibility index (Phi) is 8.79. The van der Waals surface area contributed by atoms with Crippen LogP contribution in [0.2, 0.25) is 0 Å². The van der Waals surface area contributed by atoms with Crippen LogP contribution in [0.4, 0.5) is 17.1 Å². The minimum Gasteiger partial charge on any atom is -0.309 e. The second-order valence-corrected chi connectivity index (χ2v) is 15.6. The van der Waals surface area contributed by atoms with E-state index in [0.29, 0.717) is 0 Å². The smallest absolute Gasteiger partial charge is 0.0714 e. The second-order valence-electron chi connectivity index (χ2n) is 15.6. The number of para-hydroxylation sites is 1. The van der Waals surface area contributed by atoms with Crippen molar-refractivity contribution in [3.63, 3.8) is 0 Å². The van der Waals surface area contributed by atoms with Crippen molar-refractivity contribution in [2.75, 3.05) is 4.90 Å². The van der Waals surface area contributed by atoms with Gasteiger partial charge in [0.05, 0.1) is 11.1 Å². The molecule has 0 atom stereocenters. The van der Waals surface area contributed by atoms with Gasteiger partial charge in [-0.25, -0.2) is 0 Å². The lowest BCUT2D eigenvalue weighted by atomic mass is 9.67. The lowest BCUT2D eigenvalue weighted by molar-refractivity contribution is 0.770. The van der Waals surface area contributed by atoms with Gasteiger partial charge in [-0.15, -0.1) is 0 Å². The van der Waals surface area contributed by atoms with Crippen LogP contribution in [-0.4, -0.2) is 0 Å². The molecule has 0 heterocycles. The van der Waals surface area contributed by atoms with Crippen LogP contribution in [0.3, 0.4) is 0 Å². The minimum atomic E-state index is -0.593. The summed E-state index contributed by atoms with van der Waals surface area (Å²) in [4.78, 5) is 2.50. The summed E-state index contributed by atoms with van der Waals surface area (Å²) in [6, 6.07) is 91.1. The van der Waals surface area contributed by atoms with Crippen molar-refractivity contribution in [2.24, 2.45) is 0 Å². The maximum atomic E-state index is 2.50. The zero-order chi connectivity index (χ0) is 39.9. The molecule has 0 saturated carbocycles. The molecular weight excluding hydrogens is 723 g/mol. The van der Waals surface area contributed by atoms with E-state index in [1.807, 2.05) is 0 Å². The van der Waals surface area contributed by atoms with Gasteiger partial charge in [0.2, 0.25) is 0 Å². The molecular formula is C59H41N. The Hall–Kier alpha value is -7.74. The largest absolute Gasteiger partial charge is 0.309 e. The number of hydrogen-bond acceptors (Lipinski definition) is 1. The predicted octanol–water partition coefficient (Wildman–Crippen LogP) is 15.7. The van der Waals surface area contributed by atoms with Gasteiger partial charge in [-0.3, -0.25) is 0 Å². The highest BCUT2D eigenvalue weighted by Crippen LogP contribution is 2.61. The van der Waals surface area contributed by atoms with Gasteiger partial charge in [-0.2, -0.15) is 0 Å². The Morgan fingerprint density at radius 3 is 1.38 bits per heavy atom. The van der Waals surface area contributed by atoms with E-state index in [1.165, 1.54) is 83.2 Å². The van der Waals surface area contributed by atoms with E-state index in [1.54, 1.807) is 0 Å². The standard InChI is InChI=1S/C59H41N/c1-6-20-42(21-7-1)45-36-39-54-55(40-45)59(47-25-10-3-11-26-47,48-27-12-4-13-28-48)56-41-46-24-16-17-33-53(46)58(57(54)56)60(49-29-14-5-15-30-49)50-37-34-44(35-38-50)52-32-19-18-31-51(52)43-22-8-2-9-23-43/h1-41H. The first-order chi connectivity index (χ1) is 29.8. The third-order valence-electron chi connectivity index (χ3n) is 12.3. The molecule has 1 heteroatoms. The van der Waals surface area contributed by atoms with E-state index in [0.717, 1.165) is 11.4 Å². The van der Waals surface area contributed by atoms with Gasteiger partial charge in [0.25, 0.3) is 0 Å². The average Bonchev–Trinajstić information content (AvgIpc) is 3.63. The van der Waals surface area contributed by atoms with Crippen LogP contribution in [0.5, 0.6) is 0 Å². The summed E-state index contributed by atoms with van der Waals surface area (Å²) in [5.74, 6) is 0. The van der Waals surface area contributed by atoms with E-state index in [-0.39, 0.29) is 0 Å². The summed E-state index contributed by atoms with van der Waals surface area (Å²) in [5, 5.41) is 2.40. The maximum Gasteiger partial charge on any atom is 0.0714 e. The van der Waals surface area contributed by atoms with E-state index in [2.05, 4.69) is 254 Å². The molecule has 0 aromatic heterocycles. The fourth-order valence-electron chi connectivity index (χ4n) is 9.70. The van der Waals surface area contributed by atoms with Crippen LogP contribution < -0.4 is 4.90 Å². The Labute approximate surface area is 352 Å². The summed E-state index contributed by atoms with van der Waals surface area (Å²) in [5.41, 5.74) is 17.6. The summed E-state index contributed by atoms with van der Waals surface area (Å²) in [6.45, 7) is 0. The fraction of sp³-hybridized carbons (Fsp3) is 0.0169. The Balaban J connectivity index is 1.22. The van der Waals surface area contributed by atoms with Crippen LogP contribution in [-0.2, 0) is 5.41 Å². The molecule has 0 bridgehead atoms. The first kappa shape index (κ1) is 35.4. The predicted molar refractivity (Wildman–Crippen MR) is 252 cm³/mol. The van der Waals surface area contributed by atoms with Gasteiger partial charge < -0.3 is 4.90 Å². The van der Waals surface area contributed by atoms with Crippen molar-refractivity contribution in [3.8, 4) is 44.5 Å². The van der Waals surface area contributed by atoms with Crippen molar-refractivity contribution in [2.45, 2.75) is 5.41 Å². The first-order valence-corrected chi connectivity index (χ1v) is 20.8. The summed E-state index contributed by atoms with van der Waals surface area (Å²) in [7, 11) is 0. The molecule has 10 aromatic carbocycles. The zero-order valence-corrected chi connectivity index (χ0v) is 33.1. The van der Waals surface area contributed by atoms with Crippen molar-refractivity contribution in [3.05, 3.63) is 271 Å². The van der Waals surface area contributed by atoms with Gasteiger partial charge in [-0.05, 0) is 103 Å². The normalized spacial score (nSPS) is 12.5. The van der Waals surface area contributed by atoms with E-state index < -0.39 is 5.41 Å². The number of benzene rings is 10. The highest BCUT2D eigenvalue weighted by Gasteiger charge is 2.48. The molecule has 0 saturated heterocycles. The minimum absolute atomic E-state index is 0.593. The van der Waals surface area contributed by atoms with Crippen molar-refractivity contribution in [1.29, 1.82) is 0 Å². The number of rotatable bonds is 8. The van der Waals surface area contributed by atoms with Gasteiger partial charge in [-0.1, -0.05) is 212 Å². The number of anilines is 3. The van der Waals surface area contributed by atoms with E-state index in [9.17, 15) is 0 Å². The van der Waals surface area contributed by atoms with Crippen LogP contribution >= 0.6 is 0 Å². The van der Waals surface area contributed by atoms with Crippen LogP contribution in [0.1, 0.15) is 22.3 Å². The fourth-order valence-corrected chi connectivity index (χ4v) is 9.70. The molecule has 1 aliphatic carbocycles. The average molecular weight is 764 g/mol. The number of nitrogens with zero attached hydrogens (tertiary/aromatic N) is 1. The highest BCUT2D eigenvalue weighted by molar-refractivity contribution is 6.11. The van der Waals surface area contributed by atoms with Crippen molar-refractivity contribution >= 4 is 27.8 Å². The van der Waals surface area contributed by atoms with Gasteiger partial charge in [0, 0.05) is 22.3 Å². The van der Waals surface area contributed by atoms with Gasteiger partial charge in [0.15, 0.2) is 0 Å². The second kappa shape index (κ2) is 14.9. The van der Waals surface area contributed by atoms with Crippen molar-refractivity contribution in [1.82, 2.24) is 0 Å². The first-order valence-electron chi connectivity index (χ1n) is 20.8. The SMILES string of the molecule is c1ccc(-c2ccc3c(c2)C(c2ccccc2)(c2ccccc2)c2cc4ccccc4c(N(c4ccccc4)c4ccc(-c5ccccc5-c5ccccc5)cc4)c2-3)cc1. The van der Waals surface area contributed by atoms with Crippen LogP contribution in [0.25, 0.3) is 55.3 Å². The topological polar surface area (TPSA) is 3.24 Å². The molecule has 0 spiro atoms. The Bertz CT molecular complexity index is 3060. The van der Waals surface area contributed by atoms with E-state index in [4.69, 9.17) is 0 Å². The molecule has 60 heavy (non-hydrogen) atoms. The summed E-state index contributed by atoms with van der Waals surface area (Å²) in [6.07, 6.45) is 0. The Morgan fingerprint density at radius 2 is 0.767 bits per heavy atom. The quantitative estimate of drug-likeness (QED) is 0.149. The molecule has 1 nitrogen and oxygen atoms in total. The summed E-state index contributed by atoms with van der Waals surface area (Å²) < 4.78 is 0. The molecule has 0 fully saturated rings. The molecule has 0 radical (unpaired) electrons. The Morgan fingerprint density at radius 1 is 0.300 bits per heavy atom. The molecule has 0 amide bonds. The third kappa shape index (κ3) is 5.78. The van der Waals surface area contributed by atoms with Gasteiger partial charge in [0.1, 0.15) is 0 Å². The number of fused-ring (bicyclic) bond motifs is 4. The molecule has 0 aliphatic heterocycles. The monoisotopic (exact) mass is 763 g/mol. The van der Waals surface area contributed by atoms with Crippen molar-refractivity contribution < 1.29 is 0 Å². The van der Waals surface area contributed by atoms with Gasteiger partial charge >= 0.3 is 0 Å². The molecule has 0 N–H and O–H groups in total. The molecule has 282 valence electrons. The van der Waals surface area contributed by atoms with Crippen LogP contribution in [0, 0.1) is 0 Å².